The minimum atomic E-state index is -3.37. The van der Waals surface area contributed by atoms with E-state index in [9.17, 15) is 14.5 Å². The molecular formula is C27H29N3O6P. The Hall–Kier alpha value is -3.81. The summed E-state index contributed by atoms with van der Waals surface area (Å²) in [6, 6.07) is 22.2. The van der Waals surface area contributed by atoms with Gasteiger partial charge in [0.25, 0.3) is 0 Å². The van der Waals surface area contributed by atoms with Crippen molar-refractivity contribution in [1.29, 1.82) is 0 Å². The monoisotopic (exact) mass is 522 g/mol. The number of ether oxygens (including phenoxy) is 3. The van der Waals surface area contributed by atoms with E-state index in [0.717, 1.165) is 16.3 Å². The quantitative estimate of drug-likeness (QED) is 0.366. The Balaban J connectivity index is 1.59. The Kier molecular flexibility index (Phi) is 6.67. The van der Waals surface area contributed by atoms with Gasteiger partial charge in [0.2, 0.25) is 17.6 Å². The number of imide groups is 1. The van der Waals surface area contributed by atoms with Gasteiger partial charge in [0.1, 0.15) is 5.66 Å². The van der Waals surface area contributed by atoms with Crippen LogP contribution in [0.4, 0.5) is 17.1 Å². The molecule has 0 spiro atoms. The van der Waals surface area contributed by atoms with Gasteiger partial charge in [0.15, 0.2) is 19.3 Å². The largest absolute Gasteiger partial charge is 0.493 e. The van der Waals surface area contributed by atoms with Crippen molar-refractivity contribution in [2.24, 2.45) is 0 Å². The smallest absolute Gasteiger partial charge is 0.247 e. The molecule has 3 aromatic carbocycles. The summed E-state index contributed by atoms with van der Waals surface area (Å²) in [4.78, 5) is 41.1. The van der Waals surface area contributed by atoms with E-state index in [-0.39, 0.29) is 6.42 Å². The lowest BCUT2D eigenvalue weighted by atomic mass is 10.2. The van der Waals surface area contributed by atoms with Crippen molar-refractivity contribution >= 4 is 36.7 Å². The van der Waals surface area contributed by atoms with Gasteiger partial charge in [-0.05, 0) is 24.3 Å². The lowest BCUT2D eigenvalue weighted by Crippen LogP contribution is -2.39. The van der Waals surface area contributed by atoms with Gasteiger partial charge in [-0.2, -0.15) is 0 Å². The van der Waals surface area contributed by atoms with E-state index in [2.05, 4.69) is 0 Å². The minimum absolute atomic E-state index is 0.119. The van der Waals surface area contributed by atoms with Crippen molar-refractivity contribution in [3.63, 3.8) is 0 Å². The van der Waals surface area contributed by atoms with Crippen LogP contribution in [-0.4, -0.2) is 56.8 Å². The summed E-state index contributed by atoms with van der Waals surface area (Å²) in [7, 11) is 1.06. The van der Waals surface area contributed by atoms with Crippen molar-refractivity contribution in [2.75, 3.05) is 48.7 Å². The molecule has 2 aliphatic rings. The van der Waals surface area contributed by atoms with Crippen molar-refractivity contribution in [1.82, 2.24) is 0 Å². The third kappa shape index (κ3) is 4.04. The molecular weight excluding hydrogens is 493 g/mol. The Morgan fingerprint density at radius 1 is 0.757 bits per heavy atom. The fraction of sp³-hybridized carbons (Fsp3) is 0.259. The number of benzene rings is 3. The Labute approximate surface area is 216 Å². The first-order valence-electron chi connectivity index (χ1n) is 11.9. The van der Waals surface area contributed by atoms with Gasteiger partial charge < -0.3 is 28.4 Å². The molecule has 1 atom stereocenters. The zero-order valence-electron chi connectivity index (χ0n) is 20.9. The molecule has 0 aliphatic carbocycles. The molecule has 3 aromatic rings. The Morgan fingerprint density at radius 2 is 1.24 bits per heavy atom. The van der Waals surface area contributed by atoms with Gasteiger partial charge in [-0.3, -0.25) is 9.59 Å². The van der Waals surface area contributed by atoms with E-state index >= 15 is 0 Å². The highest BCUT2D eigenvalue weighted by molar-refractivity contribution is 7.75. The first-order valence-corrected chi connectivity index (χ1v) is 13.6. The summed E-state index contributed by atoms with van der Waals surface area (Å²) in [5.74, 6) is 0.153. The standard InChI is InChI=1S/C27H29N3O6P/c1-34-22-16-21(17-23(35-2)26(22)36-3)30-25(31)18-24(27(30)32)37(33)28(19-10-6-4-7-11-19)14-15-29(37)20-12-8-5-9-13-20/h4-13,16-17,24,33H,14-15,18H2,1-3H3. The van der Waals surface area contributed by atoms with Gasteiger partial charge >= 0.3 is 0 Å². The molecule has 1 unspecified atom stereocenters. The SMILES string of the molecule is COc1cc(N2C(=O)CC([P]3(O)N(c4ccccc4)CCN3c3ccccc3)C2=O)cc(OC)c1OC. The maximum absolute atomic E-state index is 14.0. The van der Waals surface area contributed by atoms with Crippen LogP contribution in [0.3, 0.4) is 0 Å². The van der Waals surface area contributed by atoms with Gasteiger partial charge in [0.05, 0.1) is 27.0 Å². The fourth-order valence-corrected chi connectivity index (χ4v) is 8.56. The lowest BCUT2D eigenvalue weighted by molar-refractivity contribution is -0.121. The summed E-state index contributed by atoms with van der Waals surface area (Å²) in [5, 5.41) is 0. The van der Waals surface area contributed by atoms with E-state index in [0.29, 0.717) is 36.0 Å². The predicted molar refractivity (Wildman–Crippen MR) is 144 cm³/mol. The molecule has 0 saturated carbocycles. The maximum atomic E-state index is 14.0. The normalized spacial score (nSPS) is 18.9. The van der Waals surface area contributed by atoms with Crippen molar-refractivity contribution < 1.29 is 28.7 Å². The topological polar surface area (TPSA) is 91.8 Å². The van der Waals surface area contributed by atoms with E-state index in [1.807, 2.05) is 70.0 Å². The highest BCUT2D eigenvalue weighted by atomic mass is 31.2. The van der Waals surface area contributed by atoms with E-state index in [1.54, 1.807) is 12.1 Å². The average Bonchev–Trinajstić information content (AvgIpc) is 3.44. The molecule has 1 N–H and O–H groups in total. The number of methoxy groups -OCH3 is 3. The summed E-state index contributed by atoms with van der Waals surface area (Å²) < 4.78 is 20.1. The van der Waals surface area contributed by atoms with Crippen LogP contribution in [0.5, 0.6) is 17.2 Å². The third-order valence-corrected chi connectivity index (χ3v) is 10.3. The van der Waals surface area contributed by atoms with Gasteiger partial charge in [-0.25, -0.2) is 4.90 Å². The number of hydrogen-bond donors (Lipinski definition) is 1. The molecule has 9 nitrogen and oxygen atoms in total. The maximum Gasteiger partial charge on any atom is 0.247 e. The van der Waals surface area contributed by atoms with Crippen LogP contribution in [0.1, 0.15) is 6.42 Å². The van der Waals surface area contributed by atoms with Crippen molar-refractivity contribution in [3.8, 4) is 17.2 Å². The molecule has 10 heteroatoms. The molecule has 2 aliphatic heterocycles. The number of carbonyl (C=O) groups excluding carboxylic acids is 2. The van der Waals surface area contributed by atoms with Crippen molar-refractivity contribution in [2.45, 2.75) is 12.1 Å². The number of anilines is 3. The molecule has 5 rings (SSSR count). The number of para-hydroxylation sites is 2. The van der Waals surface area contributed by atoms with Gasteiger partial charge in [0, 0.05) is 43.0 Å². The molecule has 2 saturated heterocycles. The van der Waals surface area contributed by atoms with Crippen LogP contribution in [0, 0.1) is 0 Å². The second-order valence-corrected chi connectivity index (χ2v) is 11.5. The molecule has 1 radical (unpaired) electrons. The molecule has 0 bridgehead atoms. The lowest BCUT2D eigenvalue weighted by Gasteiger charge is -2.45. The molecule has 37 heavy (non-hydrogen) atoms. The minimum Gasteiger partial charge on any atom is -0.493 e. The second-order valence-electron chi connectivity index (χ2n) is 8.70. The summed E-state index contributed by atoms with van der Waals surface area (Å²) >= 11 is 0. The number of amides is 2. The molecule has 2 heterocycles. The summed E-state index contributed by atoms with van der Waals surface area (Å²) in [6.45, 7) is 1.04. The predicted octanol–water partition coefficient (Wildman–Crippen LogP) is 4.13. The average molecular weight is 523 g/mol. The van der Waals surface area contributed by atoms with Crippen LogP contribution in [0.2, 0.25) is 0 Å². The Bertz CT molecular complexity index is 1230. The van der Waals surface area contributed by atoms with E-state index in [1.165, 1.54) is 21.3 Å². The Morgan fingerprint density at radius 3 is 1.68 bits per heavy atom. The van der Waals surface area contributed by atoms with Crippen molar-refractivity contribution in [3.05, 3.63) is 72.8 Å². The highest BCUT2D eigenvalue weighted by Gasteiger charge is 2.59. The van der Waals surface area contributed by atoms with Gasteiger partial charge in [-0.1, -0.05) is 36.4 Å². The van der Waals surface area contributed by atoms with Crippen LogP contribution in [0.15, 0.2) is 72.8 Å². The molecule has 0 aromatic heterocycles. The van der Waals surface area contributed by atoms with Crippen LogP contribution >= 0.6 is 7.79 Å². The highest BCUT2D eigenvalue weighted by Crippen LogP contribution is 2.71. The number of nitrogens with zero attached hydrogens (tertiary/aromatic N) is 3. The van der Waals surface area contributed by atoms with E-state index in [4.69, 9.17) is 14.2 Å². The number of hydrogen-bond acceptors (Lipinski definition) is 8. The summed E-state index contributed by atoms with van der Waals surface area (Å²) in [5.41, 5.74) is 0.976. The van der Waals surface area contributed by atoms with Gasteiger partial charge in [-0.15, -0.1) is 0 Å². The summed E-state index contributed by atoms with van der Waals surface area (Å²) in [6.07, 6.45) is -0.119. The van der Waals surface area contributed by atoms with Crippen LogP contribution in [0.25, 0.3) is 0 Å². The first kappa shape index (κ1) is 24.9. The zero-order chi connectivity index (χ0) is 26.2. The zero-order valence-corrected chi connectivity index (χ0v) is 21.8. The fourth-order valence-electron chi connectivity index (χ4n) is 5.10. The van der Waals surface area contributed by atoms with E-state index < -0.39 is 25.3 Å². The third-order valence-electron chi connectivity index (χ3n) is 6.79. The molecule has 193 valence electrons. The number of carbonyl (C=O) groups is 2. The molecule has 2 amide bonds. The number of rotatable bonds is 7. The second kappa shape index (κ2) is 9.92. The van der Waals surface area contributed by atoms with Crippen LogP contribution < -0.4 is 28.5 Å². The van der Waals surface area contributed by atoms with Crippen LogP contribution in [-0.2, 0) is 9.59 Å². The first-order chi connectivity index (χ1) is 17.9. The molecule has 2 fully saturated rings.